The predicted molar refractivity (Wildman–Crippen MR) is 89.1 cm³/mol. The van der Waals surface area contributed by atoms with E-state index >= 15 is 0 Å². The van der Waals surface area contributed by atoms with E-state index in [1.165, 1.54) is 33.1 Å². The third kappa shape index (κ3) is 4.26. The standard InChI is InChI=1S/C18H18O7/c1-5-23-18(21)13-6-12-7-16(22-4)17(25-11(3)20)9-14(12)15(8-13)24-10(2)19/h6-9H,5H2,1-4H3. The van der Waals surface area contributed by atoms with E-state index in [0.717, 1.165) is 0 Å². The number of ether oxygens (including phenoxy) is 4. The van der Waals surface area contributed by atoms with Crippen molar-refractivity contribution in [2.45, 2.75) is 20.8 Å². The van der Waals surface area contributed by atoms with Crippen LogP contribution in [0.4, 0.5) is 0 Å². The van der Waals surface area contributed by atoms with Crippen molar-refractivity contribution in [3.63, 3.8) is 0 Å². The number of hydrogen-bond acceptors (Lipinski definition) is 7. The Hall–Kier alpha value is -3.09. The quantitative estimate of drug-likeness (QED) is 0.607. The average molecular weight is 346 g/mol. The Kier molecular flexibility index (Phi) is 5.59. The lowest BCUT2D eigenvalue weighted by Gasteiger charge is -2.13. The topological polar surface area (TPSA) is 88.1 Å². The van der Waals surface area contributed by atoms with Gasteiger partial charge in [0.05, 0.1) is 19.3 Å². The molecule has 25 heavy (non-hydrogen) atoms. The number of rotatable bonds is 5. The second-order valence-corrected chi connectivity index (χ2v) is 5.11. The summed E-state index contributed by atoms with van der Waals surface area (Å²) in [5, 5.41) is 1.05. The Balaban J connectivity index is 2.70. The van der Waals surface area contributed by atoms with Crippen LogP contribution < -0.4 is 14.2 Å². The summed E-state index contributed by atoms with van der Waals surface area (Å²) in [6.45, 7) is 4.43. The number of carbonyl (C=O) groups is 3. The molecule has 2 rings (SSSR count). The van der Waals surface area contributed by atoms with E-state index in [1.54, 1.807) is 19.1 Å². The zero-order chi connectivity index (χ0) is 18.6. The van der Waals surface area contributed by atoms with Gasteiger partial charge in [-0.1, -0.05) is 0 Å². The molecule has 0 amide bonds. The van der Waals surface area contributed by atoms with Crippen LogP contribution >= 0.6 is 0 Å². The Morgan fingerprint density at radius 2 is 1.52 bits per heavy atom. The molecule has 0 N–H and O–H groups in total. The summed E-state index contributed by atoms with van der Waals surface area (Å²) in [4.78, 5) is 34.7. The molecule has 0 aliphatic carbocycles. The van der Waals surface area contributed by atoms with E-state index < -0.39 is 17.9 Å². The molecule has 0 bridgehead atoms. The highest BCUT2D eigenvalue weighted by molar-refractivity contribution is 6.00. The third-order valence-electron chi connectivity index (χ3n) is 3.22. The van der Waals surface area contributed by atoms with Gasteiger partial charge in [0.2, 0.25) is 0 Å². The van der Waals surface area contributed by atoms with E-state index in [4.69, 9.17) is 18.9 Å². The monoisotopic (exact) mass is 346 g/mol. The number of methoxy groups -OCH3 is 1. The number of esters is 3. The molecule has 0 aliphatic rings. The molecule has 0 atom stereocenters. The largest absolute Gasteiger partial charge is 0.493 e. The van der Waals surface area contributed by atoms with Crippen molar-refractivity contribution in [1.82, 2.24) is 0 Å². The fourth-order valence-corrected chi connectivity index (χ4v) is 2.30. The van der Waals surface area contributed by atoms with E-state index in [9.17, 15) is 14.4 Å². The van der Waals surface area contributed by atoms with Crippen molar-refractivity contribution in [3.8, 4) is 17.2 Å². The second-order valence-electron chi connectivity index (χ2n) is 5.11. The summed E-state index contributed by atoms with van der Waals surface area (Å²) in [5.41, 5.74) is 0.230. The van der Waals surface area contributed by atoms with Crippen molar-refractivity contribution in [3.05, 3.63) is 29.8 Å². The summed E-state index contributed by atoms with van der Waals surface area (Å²) in [6.07, 6.45) is 0. The van der Waals surface area contributed by atoms with Crippen LogP contribution in [0.15, 0.2) is 24.3 Å². The first-order chi connectivity index (χ1) is 11.8. The number of hydrogen-bond donors (Lipinski definition) is 0. The molecule has 0 heterocycles. The molecular formula is C18H18O7. The molecule has 7 heteroatoms. The van der Waals surface area contributed by atoms with Crippen molar-refractivity contribution in [2.75, 3.05) is 13.7 Å². The van der Waals surface area contributed by atoms with Gasteiger partial charge < -0.3 is 18.9 Å². The first kappa shape index (κ1) is 18.3. The van der Waals surface area contributed by atoms with Crippen LogP contribution in [0.25, 0.3) is 10.8 Å². The van der Waals surface area contributed by atoms with Crippen molar-refractivity contribution < 1.29 is 33.3 Å². The summed E-state index contributed by atoms with van der Waals surface area (Å²) in [7, 11) is 1.43. The van der Waals surface area contributed by atoms with Crippen LogP contribution in [0.2, 0.25) is 0 Å². The molecule has 0 aromatic heterocycles. The van der Waals surface area contributed by atoms with Gasteiger partial charge in [0.25, 0.3) is 0 Å². The first-order valence-corrected chi connectivity index (χ1v) is 7.55. The molecule has 0 saturated heterocycles. The van der Waals surface area contributed by atoms with Gasteiger partial charge in [0.1, 0.15) is 5.75 Å². The van der Waals surface area contributed by atoms with Gasteiger partial charge in [-0.15, -0.1) is 0 Å². The fourth-order valence-electron chi connectivity index (χ4n) is 2.30. The van der Waals surface area contributed by atoms with Gasteiger partial charge in [-0.3, -0.25) is 9.59 Å². The van der Waals surface area contributed by atoms with Gasteiger partial charge in [0.15, 0.2) is 11.5 Å². The molecular weight excluding hydrogens is 328 g/mol. The number of benzene rings is 2. The van der Waals surface area contributed by atoms with Gasteiger partial charge in [-0.25, -0.2) is 4.79 Å². The Labute approximate surface area is 144 Å². The van der Waals surface area contributed by atoms with E-state index in [1.807, 2.05) is 0 Å². The maximum Gasteiger partial charge on any atom is 0.338 e. The number of fused-ring (bicyclic) bond motifs is 1. The number of carbonyl (C=O) groups excluding carboxylic acids is 3. The normalized spacial score (nSPS) is 10.2. The van der Waals surface area contributed by atoms with E-state index in [2.05, 4.69) is 0 Å². The average Bonchev–Trinajstić information content (AvgIpc) is 2.53. The van der Waals surface area contributed by atoms with E-state index in [-0.39, 0.29) is 23.7 Å². The SMILES string of the molecule is CCOC(=O)c1cc(OC(C)=O)c2cc(OC(C)=O)c(OC)cc2c1. The van der Waals surface area contributed by atoms with E-state index in [0.29, 0.717) is 16.5 Å². The minimum Gasteiger partial charge on any atom is -0.493 e. The zero-order valence-electron chi connectivity index (χ0n) is 14.4. The van der Waals surface area contributed by atoms with Crippen LogP contribution in [0.3, 0.4) is 0 Å². The van der Waals surface area contributed by atoms with Gasteiger partial charge in [-0.05, 0) is 36.6 Å². The molecule has 0 radical (unpaired) electrons. The minimum atomic E-state index is -0.549. The molecule has 0 spiro atoms. The Morgan fingerprint density at radius 3 is 2.08 bits per heavy atom. The summed E-state index contributed by atoms with van der Waals surface area (Å²) < 4.78 is 20.5. The van der Waals surface area contributed by atoms with Crippen LogP contribution in [0.5, 0.6) is 17.2 Å². The third-order valence-corrected chi connectivity index (χ3v) is 3.22. The molecule has 132 valence electrons. The van der Waals surface area contributed by atoms with Gasteiger partial charge >= 0.3 is 17.9 Å². The highest BCUT2D eigenvalue weighted by Gasteiger charge is 2.17. The molecule has 2 aromatic rings. The highest BCUT2D eigenvalue weighted by Crippen LogP contribution is 2.37. The fraction of sp³-hybridized carbons (Fsp3) is 0.278. The molecule has 7 nitrogen and oxygen atoms in total. The first-order valence-electron chi connectivity index (χ1n) is 7.55. The van der Waals surface area contributed by atoms with Crippen LogP contribution in [0, 0.1) is 0 Å². The highest BCUT2D eigenvalue weighted by atomic mass is 16.6. The second kappa shape index (κ2) is 7.65. The minimum absolute atomic E-state index is 0.157. The smallest absolute Gasteiger partial charge is 0.338 e. The molecule has 0 unspecified atom stereocenters. The molecule has 0 fully saturated rings. The lowest BCUT2D eigenvalue weighted by molar-refractivity contribution is -0.132. The van der Waals surface area contributed by atoms with Crippen LogP contribution in [0.1, 0.15) is 31.1 Å². The Morgan fingerprint density at radius 1 is 0.880 bits per heavy atom. The van der Waals surface area contributed by atoms with Crippen molar-refractivity contribution in [1.29, 1.82) is 0 Å². The summed E-state index contributed by atoms with van der Waals surface area (Å²) in [6, 6.07) is 6.10. The molecule has 2 aromatic carbocycles. The lowest BCUT2D eigenvalue weighted by Crippen LogP contribution is -2.08. The predicted octanol–water partition coefficient (Wildman–Crippen LogP) is 2.88. The van der Waals surface area contributed by atoms with Crippen LogP contribution in [-0.2, 0) is 14.3 Å². The molecule has 0 aliphatic heterocycles. The Bertz CT molecular complexity index is 839. The summed E-state index contributed by atoms with van der Waals surface area (Å²) >= 11 is 0. The zero-order valence-corrected chi connectivity index (χ0v) is 14.4. The van der Waals surface area contributed by atoms with Crippen molar-refractivity contribution >= 4 is 28.7 Å². The maximum atomic E-state index is 12.0. The molecule has 0 saturated carbocycles. The lowest BCUT2D eigenvalue weighted by atomic mass is 10.0. The van der Waals surface area contributed by atoms with Gasteiger partial charge in [-0.2, -0.15) is 0 Å². The van der Waals surface area contributed by atoms with Gasteiger partial charge in [0, 0.05) is 19.2 Å². The van der Waals surface area contributed by atoms with Crippen LogP contribution in [-0.4, -0.2) is 31.6 Å². The maximum absolute atomic E-state index is 12.0. The van der Waals surface area contributed by atoms with Crippen molar-refractivity contribution in [2.24, 2.45) is 0 Å². The summed E-state index contributed by atoms with van der Waals surface area (Å²) in [5.74, 6) is -0.968.